The van der Waals surface area contributed by atoms with Crippen LogP contribution in [-0.4, -0.2) is 17.4 Å². The average molecular weight is 432 g/mol. The Bertz CT molecular complexity index is 1200. The predicted octanol–water partition coefficient (Wildman–Crippen LogP) is 6.18. The van der Waals surface area contributed by atoms with Crippen LogP contribution in [0.1, 0.15) is 45.6 Å². The van der Waals surface area contributed by atoms with E-state index in [9.17, 15) is 4.79 Å². The molecule has 1 unspecified atom stereocenters. The molecule has 2 heterocycles. The van der Waals surface area contributed by atoms with Gasteiger partial charge in [0.15, 0.2) is 5.76 Å². The first-order valence-corrected chi connectivity index (χ1v) is 10.7. The van der Waals surface area contributed by atoms with Gasteiger partial charge >= 0.3 is 0 Å². The van der Waals surface area contributed by atoms with Crippen LogP contribution < -0.4 is 9.47 Å². The average Bonchev–Trinajstić information content (AvgIpc) is 3.11. The second-order valence-corrected chi connectivity index (χ2v) is 8.34. The van der Waals surface area contributed by atoms with Crippen LogP contribution in [0.5, 0.6) is 11.5 Å². The molecule has 0 amide bonds. The van der Waals surface area contributed by atoms with Crippen LogP contribution in [0.4, 0.5) is 0 Å². The zero-order valence-corrected chi connectivity index (χ0v) is 18.1. The van der Waals surface area contributed by atoms with Crippen LogP contribution in [0.2, 0.25) is 5.02 Å². The summed E-state index contributed by atoms with van der Waals surface area (Å²) in [5.41, 5.74) is 4.42. The third-order valence-corrected chi connectivity index (χ3v) is 6.33. The van der Waals surface area contributed by atoms with Crippen molar-refractivity contribution in [3.05, 3.63) is 99.3 Å². The number of ether oxygens (including phenoxy) is 2. The fraction of sp³-hybridized carbons (Fsp3) is 0.192. The molecule has 0 bridgehead atoms. The highest BCUT2D eigenvalue weighted by molar-refractivity contribution is 6.32. The van der Waals surface area contributed by atoms with Crippen molar-refractivity contribution in [1.82, 2.24) is 4.90 Å². The fourth-order valence-electron chi connectivity index (χ4n) is 4.19. The monoisotopic (exact) mass is 431 g/mol. The third-order valence-electron chi connectivity index (χ3n) is 5.99. The molecule has 0 N–H and O–H groups in total. The molecular formula is C26H22ClNO3. The molecule has 1 atom stereocenters. The highest BCUT2D eigenvalue weighted by atomic mass is 35.5. The van der Waals surface area contributed by atoms with E-state index >= 15 is 0 Å². The Morgan fingerprint density at radius 2 is 1.81 bits per heavy atom. The van der Waals surface area contributed by atoms with Crippen molar-refractivity contribution in [1.29, 1.82) is 0 Å². The molecular weight excluding hydrogens is 410 g/mol. The van der Waals surface area contributed by atoms with Crippen LogP contribution in [-0.2, 0) is 6.54 Å². The van der Waals surface area contributed by atoms with Crippen molar-refractivity contribution in [3.63, 3.8) is 0 Å². The summed E-state index contributed by atoms with van der Waals surface area (Å²) in [6.07, 6.45) is 1.70. The van der Waals surface area contributed by atoms with Gasteiger partial charge in [-0.05, 0) is 43.2 Å². The molecule has 5 heteroatoms. The smallest absolute Gasteiger partial charge is 0.231 e. The minimum Gasteiger partial charge on any atom is -0.477 e. The number of rotatable bonds is 3. The number of carbonyl (C=O) groups excluding carboxylic acids is 1. The Morgan fingerprint density at radius 3 is 2.58 bits per heavy atom. The topological polar surface area (TPSA) is 38.8 Å². The molecule has 0 spiro atoms. The van der Waals surface area contributed by atoms with Gasteiger partial charge in [0.05, 0.1) is 5.56 Å². The Labute approximate surface area is 186 Å². The van der Waals surface area contributed by atoms with Gasteiger partial charge in [-0.3, -0.25) is 9.69 Å². The maximum Gasteiger partial charge on any atom is 0.231 e. The molecule has 0 radical (unpaired) electrons. The Balaban J connectivity index is 1.46. The van der Waals surface area contributed by atoms with Gasteiger partial charge in [-0.15, -0.1) is 0 Å². The van der Waals surface area contributed by atoms with Crippen LogP contribution >= 0.6 is 11.6 Å². The second-order valence-electron chi connectivity index (χ2n) is 7.93. The number of allylic oxidation sites excluding steroid dienone is 1. The molecule has 3 aromatic carbocycles. The summed E-state index contributed by atoms with van der Waals surface area (Å²) in [5, 5.41) is 0.576. The maximum atomic E-state index is 13.1. The van der Waals surface area contributed by atoms with E-state index in [1.54, 1.807) is 12.1 Å². The Kier molecular flexibility index (Phi) is 5.05. The first-order chi connectivity index (χ1) is 15.0. The van der Waals surface area contributed by atoms with E-state index in [2.05, 4.69) is 24.0 Å². The molecule has 4 nitrogen and oxygen atoms in total. The highest BCUT2D eigenvalue weighted by Crippen LogP contribution is 2.44. The first-order valence-electron chi connectivity index (χ1n) is 10.3. The van der Waals surface area contributed by atoms with Crippen molar-refractivity contribution in [2.75, 3.05) is 6.73 Å². The van der Waals surface area contributed by atoms with Crippen LogP contribution in [0.15, 0.2) is 66.4 Å². The first kappa shape index (κ1) is 19.9. The Hall–Kier alpha value is -3.08. The molecule has 31 heavy (non-hydrogen) atoms. The van der Waals surface area contributed by atoms with Gasteiger partial charge in [-0.2, -0.15) is 0 Å². The van der Waals surface area contributed by atoms with E-state index in [-0.39, 0.29) is 17.6 Å². The summed E-state index contributed by atoms with van der Waals surface area (Å²) in [6, 6.07) is 19.9. The number of ketones is 1. The molecule has 5 rings (SSSR count). The fourth-order valence-corrected chi connectivity index (χ4v) is 4.38. The van der Waals surface area contributed by atoms with E-state index in [1.165, 1.54) is 5.56 Å². The zero-order chi connectivity index (χ0) is 21.5. The number of benzene rings is 3. The quantitative estimate of drug-likeness (QED) is 0.464. The lowest BCUT2D eigenvalue weighted by molar-refractivity contribution is 0.0609. The lowest BCUT2D eigenvalue weighted by atomic mass is 9.99. The highest BCUT2D eigenvalue weighted by Gasteiger charge is 2.34. The number of hydrogen-bond donors (Lipinski definition) is 0. The molecule has 0 fully saturated rings. The van der Waals surface area contributed by atoms with E-state index in [4.69, 9.17) is 21.1 Å². The second kappa shape index (κ2) is 7.88. The summed E-state index contributed by atoms with van der Waals surface area (Å²) in [5.74, 6) is 1.53. The van der Waals surface area contributed by atoms with E-state index in [1.807, 2.05) is 49.4 Å². The molecule has 0 aromatic heterocycles. The zero-order valence-electron chi connectivity index (χ0n) is 17.4. The lowest BCUT2D eigenvalue weighted by Gasteiger charge is -2.34. The molecule has 2 aliphatic heterocycles. The van der Waals surface area contributed by atoms with Gasteiger partial charge in [0.25, 0.3) is 0 Å². The number of hydrogen-bond acceptors (Lipinski definition) is 4. The lowest BCUT2D eigenvalue weighted by Crippen LogP contribution is -2.34. The van der Waals surface area contributed by atoms with Crippen molar-refractivity contribution in [2.24, 2.45) is 0 Å². The molecule has 3 aromatic rings. The van der Waals surface area contributed by atoms with Gasteiger partial charge in [-0.1, -0.05) is 60.1 Å². The number of carbonyl (C=O) groups is 1. The van der Waals surface area contributed by atoms with Crippen LogP contribution in [0, 0.1) is 6.92 Å². The SMILES string of the molecule is Cc1c2c(cc3c1O/C(=C\c1ccccc1Cl)C3=O)CN(C(C)c1ccccc1)CO2. The maximum absolute atomic E-state index is 13.1. The largest absolute Gasteiger partial charge is 0.477 e. The van der Waals surface area contributed by atoms with Crippen LogP contribution in [0.3, 0.4) is 0 Å². The standard InChI is InChI=1S/C26H22ClNO3/c1-16-25-20(14-28(15-30-25)17(2)18-8-4-3-5-9-18)12-21-24(29)23(31-26(16)21)13-19-10-6-7-11-22(19)27/h3-13,17H,14-15H2,1-2H3/b23-13-. The number of nitrogens with zero attached hydrogens (tertiary/aromatic N) is 1. The minimum atomic E-state index is -0.131. The van der Waals surface area contributed by atoms with E-state index in [0.717, 1.165) is 22.4 Å². The van der Waals surface area contributed by atoms with Crippen molar-refractivity contribution in [2.45, 2.75) is 26.4 Å². The number of halogens is 1. The molecule has 156 valence electrons. The summed E-state index contributed by atoms with van der Waals surface area (Å²) in [4.78, 5) is 15.4. The van der Waals surface area contributed by atoms with Gasteiger partial charge in [0.1, 0.15) is 18.2 Å². The predicted molar refractivity (Wildman–Crippen MR) is 121 cm³/mol. The third kappa shape index (κ3) is 3.52. The Morgan fingerprint density at radius 1 is 1.06 bits per heavy atom. The molecule has 0 aliphatic carbocycles. The van der Waals surface area contributed by atoms with E-state index < -0.39 is 0 Å². The molecule has 2 aliphatic rings. The summed E-state index contributed by atoms with van der Waals surface area (Å²) < 4.78 is 12.1. The summed E-state index contributed by atoms with van der Waals surface area (Å²) in [7, 11) is 0. The van der Waals surface area contributed by atoms with Gasteiger partial charge in [0, 0.05) is 28.7 Å². The summed E-state index contributed by atoms with van der Waals surface area (Å²) >= 11 is 6.26. The number of Topliss-reactive ketones (excluding diaryl/α,β-unsaturated/α-hetero) is 1. The normalized spacial score (nSPS) is 17.6. The van der Waals surface area contributed by atoms with Gasteiger partial charge < -0.3 is 9.47 Å². The van der Waals surface area contributed by atoms with Crippen molar-refractivity contribution in [3.8, 4) is 11.5 Å². The summed E-state index contributed by atoms with van der Waals surface area (Å²) in [6.45, 7) is 5.30. The van der Waals surface area contributed by atoms with Crippen molar-refractivity contribution >= 4 is 23.5 Å². The van der Waals surface area contributed by atoms with E-state index in [0.29, 0.717) is 29.6 Å². The molecule has 0 saturated carbocycles. The van der Waals surface area contributed by atoms with Crippen molar-refractivity contribution < 1.29 is 14.3 Å². The minimum absolute atomic E-state index is 0.131. The number of fused-ring (bicyclic) bond motifs is 2. The van der Waals surface area contributed by atoms with Gasteiger partial charge in [0.2, 0.25) is 5.78 Å². The molecule has 0 saturated heterocycles. The van der Waals surface area contributed by atoms with Gasteiger partial charge in [-0.25, -0.2) is 0 Å². The van der Waals surface area contributed by atoms with Crippen LogP contribution in [0.25, 0.3) is 6.08 Å².